The van der Waals surface area contributed by atoms with E-state index in [2.05, 4.69) is 19.9 Å². The molecule has 0 atom stereocenters. The van der Waals surface area contributed by atoms with Crippen molar-refractivity contribution in [1.29, 1.82) is 0 Å². The molecule has 2 aromatic carbocycles. The third kappa shape index (κ3) is 3.40. The van der Waals surface area contributed by atoms with Gasteiger partial charge < -0.3 is 15.2 Å². The average Bonchev–Trinajstić information content (AvgIpc) is 2.74. The molecule has 0 spiro atoms. The fourth-order valence-electron chi connectivity index (χ4n) is 3.05. The van der Waals surface area contributed by atoms with Crippen LogP contribution in [0.15, 0.2) is 42.6 Å². The van der Waals surface area contributed by atoms with E-state index in [1.165, 1.54) is 6.07 Å². The summed E-state index contributed by atoms with van der Waals surface area (Å²) in [6.07, 6.45) is 1.63. The van der Waals surface area contributed by atoms with E-state index in [9.17, 15) is 4.39 Å². The zero-order valence-electron chi connectivity index (χ0n) is 16.1. The van der Waals surface area contributed by atoms with Gasteiger partial charge in [0.2, 0.25) is 5.95 Å². The number of anilines is 1. The van der Waals surface area contributed by atoms with Gasteiger partial charge in [0.15, 0.2) is 17.1 Å². The van der Waals surface area contributed by atoms with Gasteiger partial charge in [-0.05, 0) is 48.9 Å². The Morgan fingerprint density at radius 2 is 1.66 bits per heavy atom. The number of nitrogen functional groups attached to an aromatic ring is 1. The number of nitrogens with two attached hydrogens (primary N) is 1. The number of fused-ring (bicyclic) bond motifs is 1. The molecule has 0 fully saturated rings. The lowest BCUT2D eigenvalue weighted by Crippen LogP contribution is -2.02. The topological polar surface area (TPSA) is 96.0 Å². The molecule has 2 aromatic heterocycles. The number of hydrogen-bond acceptors (Lipinski definition) is 7. The monoisotopic (exact) mass is 391 g/mol. The first-order chi connectivity index (χ1) is 14.0. The van der Waals surface area contributed by atoms with Gasteiger partial charge in [-0.15, -0.1) is 0 Å². The van der Waals surface area contributed by atoms with Crippen LogP contribution in [0.3, 0.4) is 0 Å². The molecular weight excluding hydrogens is 373 g/mol. The maximum atomic E-state index is 13.7. The van der Waals surface area contributed by atoms with Crippen LogP contribution >= 0.6 is 0 Å². The van der Waals surface area contributed by atoms with Crippen LogP contribution in [-0.4, -0.2) is 34.2 Å². The first-order valence-electron chi connectivity index (χ1n) is 8.79. The summed E-state index contributed by atoms with van der Waals surface area (Å²) in [6, 6.07) is 10.2. The van der Waals surface area contributed by atoms with E-state index in [1.807, 2.05) is 12.1 Å². The van der Waals surface area contributed by atoms with Crippen LogP contribution in [0.1, 0.15) is 5.56 Å². The van der Waals surface area contributed by atoms with Crippen molar-refractivity contribution in [3.05, 3.63) is 54.0 Å². The molecule has 0 saturated heterocycles. The van der Waals surface area contributed by atoms with Crippen LogP contribution < -0.4 is 15.2 Å². The number of nitrogens with zero attached hydrogens (tertiary/aromatic N) is 4. The number of benzene rings is 2. The highest BCUT2D eigenvalue weighted by atomic mass is 19.1. The SMILES string of the molecule is COc1ccc(-c2cnc3c(-c4ccc(F)c(C)c4)nc(N)nc3n2)cc1OC. The van der Waals surface area contributed by atoms with Crippen molar-refractivity contribution in [2.75, 3.05) is 20.0 Å². The molecule has 4 aromatic rings. The molecule has 29 heavy (non-hydrogen) atoms. The lowest BCUT2D eigenvalue weighted by atomic mass is 10.1. The second-order valence-electron chi connectivity index (χ2n) is 6.39. The summed E-state index contributed by atoms with van der Waals surface area (Å²) in [5.41, 5.74) is 9.81. The first-order valence-corrected chi connectivity index (χ1v) is 8.79. The minimum absolute atomic E-state index is 0.0632. The zero-order chi connectivity index (χ0) is 20.5. The molecule has 0 bridgehead atoms. The fraction of sp³-hybridized carbons (Fsp3) is 0.143. The molecule has 0 aliphatic rings. The Balaban J connectivity index is 1.86. The zero-order valence-corrected chi connectivity index (χ0v) is 16.1. The number of rotatable bonds is 4. The summed E-state index contributed by atoms with van der Waals surface area (Å²) in [4.78, 5) is 17.6. The van der Waals surface area contributed by atoms with Gasteiger partial charge in [-0.3, -0.25) is 0 Å². The van der Waals surface area contributed by atoms with E-state index in [0.29, 0.717) is 45.2 Å². The van der Waals surface area contributed by atoms with Crippen molar-refractivity contribution in [3.8, 4) is 34.0 Å². The summed E-state index contributed by atoms with van der Waals surface area (Å²) in [5.74, 6) is 0.970. The molecule has 0 radical (unpaired) electrons. The Kier molecular flexibility index (Phi) is 4.67. The molecule has 0 aliphatic heterocycles. The summed E-state index contributed by atoms with van der Waals surface area (Å²) >= 11 is 0. The quantitative estimate of drug-likeness (QED) is 0.565. The summed E-state index contributed by atoms with van der Waals surface area (Å²) in [7, 11) is 3.14. The van der Waals surface area contributed by atoms with Crippen molar-refractivity contribution in [1.82, 2.24) is 19.9 Å². The van der Waals surface area contributed by atoms with Crippen LogP contribution in [0.25, 0.3) is 33.7 Å². The van der Waals surface area contributed by atoms with Gasteiger partial charge in [-0.25, -0.2) is 19.3 Å². The van der Waals surface area contributed by atoms with Crippen molar-refractivity contribution >= 4 is 17.1 Å². The summed E-state index contributed by atoms with van der Waals surface area (Å²) in [6.45, 7) is 1.69. The number of ether oxygens (including phenoxy) is 2. The molecule has 2 heterocycles. The summed E-state index contributed by atoms with van der Waals surface area (Å²) < 4.78 is 24.3. The van der Waals surface area contributed by atoms with Gasteiger partial charge in [-0.2, -0.15) is 4.98 Å². The van der Waals surface area contributed by atoms with Crippen molar-refractivity contribution in [3.63, 3.8) is 0 Å². The number of aromatic nitrogens is 4. The molecule has 0 aliphatic carbocycles. The molecule has 0 amide bonds. The third-order valence-electron chi connectivity index (χ3n) is 4.54. The highest BCUT2D eigenvalue weighted by Gasteiger charge is 2.15. The normalized spacial score (nSPS) is 10.9. The summed E-state index contributed by atoms with van der Waals surface area (Å²) in [5, 5.41) is 0. The standard InChI is InChI=1S/C21H18FN5O2/c1-11-8-13(4-6-14(11)22)18-19-20(27-21(23)26-18)25-15(10-24-19)12-5-7-16(28-2)17(9-12)29-3/h4-10H,1-3H3,(H2,23,25,26,27). The largest absolute Gasteiger partial charge is 0.493 e. The van der Waals surface area contributed by atoms with Crippen LogP contribution in [-0.2, 0) is 0 Å². The number of hydrogen-bond donors (Lipinski definition) is 1. The molecule has 7 nitrogen and oxygen atoms in total. The molecule has 0 saturated carbocycles. The van der Waals surface area contributed by atoms with E-state index in [-0.39, 0.29) is 11.8 Å². The van der Waals surface area contributed by atoms with Gasteiger partial charge in [0.1, 0.15) is 17.0 Å². The Morgan fingerprint density at radius 1 is 0.897 bits per heavy atom. The highest BCUT2D eigenvalue weighted by Crippen LogP contribution is 2.32. The van der Waals surface area contributed by atoms with E-state index < -0.39 is 0 Å². The maximum Gasteiger partial charge on any atom is 0.222 e. The Labute approximate surface area is 166 Å². The minimum atomic E-state index is -0.290. The average molecular weight is 391 g/mol. The number of halogens is 1. The van der Waals surface area contributed by atoms with Gasteiger partial charge in [0.25, 0.3) is 0 Å². The second kappa shape index (κ2) is 7.31. The van der Waals surface area contributed by atoms with E-state index in [4.69, 9.17) is 15.2 Å². The molecule has 8 heteroatoms. The van der Waals surface area contributed by atoms with Gasteiger partial charge >= 0.3 is 0 Å². The molecule has 2 N–H and O–H groups in total. The first kappa shape index (κ1) is 18.5. The molecule has 146 valence electrons. The Hall–Kier alpha value is -3.81. The van der Waals surface area contributed by atoms with Crippen LogP contribution in [0.5, 0.6) is 11.5 Å². The molecule has 0 unspecified atom stereocenters. The second-order valence-corrected chi connectivity index (χ2v) is 6.39. The number of methoxy groups -OCH3 is 2. The van der Waals surface area contributed by atoms with Crippen molar-refractivity contribution < 1.29 is 13.9 Å². The fourth-order valence-corrected chi connectivity index (χ4v) is 3.05. The van der Waals surface area contributed by atoms with Crippen molar-refractivity contribution in [2.24, 2.45) is 0 Å². The maximum absolute atomic E-state index is 13.7. The highest BCUT2D eigenvalue weighted by molar-refractivity contribution is 5.88. The van der Waals surface area contributed by atoms with E-state index in [1.54, 1.807) is 45.5 Å². The van der Waals surface area contributed by atoms with Gasteiger partial charge in [0, 0.05) is 11.1 Å². The van der Waals surface area contributed by atoms with E-state index >= 15 is 0 Å². The lowest BCUT2D eigenvalue weighted by molar-refractivity contribution is 0.355. The molecular formula is C21H18FN5O2. The van der Waals surface area contributed by atoms with Crippen LogP contribution in [0.2, 0.25) is 0 Å². The smallest absolute Gasteiger partial charge is 0.222 e. The van der Waals surface area contributed by atoms with Gasteiger partial charge in [0.05, 0.1) is 26.1 Å². The Morgan fingerprint density at radius 3 is 2.38 bits per heavy atom. The van der Waals surface area contributed by atoms with Crippen LogP contribution in [0.4, 0.5) is 10.3 Å². The number of aryl methyl sites for hydroxylation is 1. The van der Waals surface area contributed by atoms with Crippen LogP contribution in [0, 0.1) is 12.7 Å². The lowest BCUT2D eigenvalue weighted by Gasteiger charge is -2.10. The van der Waals surface area contributed by atoms with Gasteiger partial charge in [-0.1, -0.05) is 0 Å². The predicted octanol–water partition coefficient (Wildman–Crippen LogP) is 3.80. The molecule has 4 rings (SSSR count). The Bertz CT molecular complexity index is 1230. The predicted molar refractivity (Wildman–Crippen MR) is 108 cm³/mol. The van der Waals surface area contributed by atoms with E-state index in [0.717, 1.165) is 5.56 Å². The third-order valence-corrected chi connectivity index (χ3v) is 4.54. The van der Waals surface area contributed by atoms with Crippen molar-refractivity contribution in [2.45, 2.75) is 6.92 Å². The minimum Gasteiger partial charge on any atom is -0.493 e.